The summed E-state index contributed by atoms with van der Waals surface area (Å²) >= 11 is 10.6. The second-order valence-electron chi connectivity index (χ2n) is 8.35. The molecule has 0 aliphatic rings. The van der Waals surface area contributed by atoms with Crippen LogP contribution in [0, 0.1) is 24.5 Å². The Morgan fingerprint density at radius 2 is 1.03 bits per heavy atom. The summed E-state index contributed by atoms with van der Waals surface area (Å²) in [6, 6.07) is 23.8. The molecule has 39 heavy (non-hydrogen) atoms. The maximum absolute atomic E-state index is 9.04. The molecule has 186 valence electrons. The van der Waals surface area contributed by atoms with Crippen LogP contribution < -0.4 is 0 Å². The van der Waals surface area contributed by atoms with Crippen molar-refractivity contribution in [1.82, 2.24) is 0 Å². The fourth-order valence-electron chi connectivity index (χ4n) is 3.87. The van der Waals surface area contributed by atoms with Crippen LogP contribution in [0.1, 0.15) is 16.7 Å². The Morgan fingerprint density at radius 1 is 0.615 bits per heavy atom. The van der Waals surface area contributed by atoms with Gasteiger partial charge in [-0.2, -0.15) is 15.0 Å². The lowest BCUT2D eigenvalue weighted by Gasteiger charge is -1.92. The third-order valence-corrected chi connectivity index (χ3v) is 13.0. The largest absolute Gasteiger partial charge is 0.520 e. The average Bonchev–Trinajstić information content (AvgIpc) is 3.76. The van der Waals surface area contributed by atoms with E-state index >= 15 is 0 Å². The van der Waals surface area contributed by atoms with E-state index in [1.54, 1.807) is 40.1 Å². The molecule has 0 spiro atoms. The summed E-state index contributed by atoms with van der Waals surface area (Å²) in [4.78, 5) is 18.5. The lowest BCUT2D eigenvalue weighted by molar-refractivity contribution is 1.46. The van der Waals surface area contributed by atoms with Gasteiger partial charge >= 0.3 is 5.82 Å². The molecule has 6 aromatic heterocycles. The molecule has 0 atom stereocenters. The second kappa shape index (κ2) is 10.9. The van der Waals surface area contributed by atoms with E-state index < -0.39 is 0 Å². The molecule has 6 heterocycles. The molecule has 0 fully saturated rings. The first-order valence-corrected chi connectivity index (χ1v) is 16.4. The maximum Gasteiger partial charge on any atom is 0.520 e. The lowest BCUT2D eigenvalue weighted by atomic mass is 10.3. The predicted molar refractivity (Wildman–Crippen MR) is 173 cm³/mol. The van der Waals surface area contributed by atoms with Gasteiger partial charge in [0, 0.05) is 69.8 Å². The number of nitrogens with zero attached hydrogens (tertiary/aromatic N) is 3. The Kier molecular flexibility index (Phi) is 7.16. The van der Waals surface area contributed by atoms with Crippen LogP contribution in [0.25, 0.3) is 70.3 Å². The highest BCUT2D eigenvalue weighted by molar-refractivity contribution is 7.34. The molecule has 3 nitrogen and oxygen atoms in total. The minimum atomic E-state index is 0.0900. The van der Waals surface area contributed by atoms with Crippen LogP contribution in [0.15, 0.2) is 72.1 Å². The topological polar surface area (TPSA) is 32.5 Å². The van der Waals surface area contributed by atoms with Gasteiger partial charge in [0.1, 0.15) is 13.1 Å². The average molecular weight is 610 g/mol. The van der Waals surface area contributed by atoms with E-state index in [4.69, 9.17) is 18.4 Å². The van der Waals surface area contributed by atoms with Crippen molar-refractivity contribution in [2.24, 2.45) is 0 Å². The molecule has 0 unspecified atom stereocenters. The quantitative estimate of drug-likeness (QED) is 0.137. The molecule has 0 saturated heterocycles. The highest BCUT2D eigenvalue weighted by Crippen LogP contribution is 2.47. The highest BCUT2D eigenvalue weighted by atomic mass is 32.1. The number of allylic oxidation sites excluding steroid dienone is 1. The zero-order valence-electron chi connectivity index (χ0n) is 20.2. The fourth-order valence-corrected chi connectivity index (χ4v) is 10.6. The van der Waals surface area contributed by atoms with Gasteiger partial charge in [-0.15, -0.1) is 68.0 Å². The Bertz CT molecular complexity index is 1980. The van der Waals surface area contributed by atoms with E-state index in [1.165, 1.54) is 43.5 Å². The predicted octanol–water partition coefficient (Wildman–Crippen LogP) is 11.9. The first kappa shape index (κ1) is 25.7. The number of fused-ring (bicyclic) bond motifs is 1. The summed E-state index contributed by atoms with van der Waals surface area (Å²) < 4.78 is 2.61. The third kappa shape index (κ3) is 5.32. The highest BCUT2D eigenvalue weighted by Gasteiger charge is 2.15. The van der Waals surface area contributed by atoms with Gasteiger partial charge in [0.2, 0.25) is 0 Å². The van der Waals surface area contributed by atoms with E-state index in [1.807, 2.05) is 53.1 Å². The third-order valence-electron chi connectivity index (χ3n) is 5.68. The number of hydrogen-bond donors (Lipinski definition) is 0. The zero-order chi connectivity index (χ0) is 26.9. The van der Waals surface area contributed by atoms with Crippen molar-refractivity contribution in [2.45, 2.75) is 6.92 Å². The molecular weight excluding hydrogens is 595 g/mol. The number of nitriles is 1. The van der Waals surface area contributed by atoms with Crippen molar-refractivity contribution in [3.63, 3.8) is 0 Å². The zero-order valence-corrected chi connectivity index (χ0v) is 25.1. The van der Waals surface area contributed by atoms with Crippen LogP contribution in [0.3, 0.4) is 0 Å². The van der Waals surface area contributed by atoms with Gasteiger partial charge in [-0.05, 0) is 73.7 Å². The summed E-state index contributed by atoms with van der Waals surface area (Å²) in [7, 11) is 0. The normalized spacial score (nSPS) is 11.3. The SMILES string of the molecule is [C-]#[N+]C(=Cc1ccc(-c2ccc(-c3cc4sc(-c5ccc(-c6ccc(/C=C(/C)C#N)s6)s5)cc4s3)s2)s1)[N+]#[C-]. The molecule has 0 aromatic carbocycles. The minimum Gasteiger partial charge on any atom is -0.193 e. The molecular formula is C30H15N3S6. The van der Waals surface area contributed by atoms with Gasteiger partial charge in [-0.3, -0.25) is 0 Å². The molecule has 0 aliphatic carbocycles. The summed E-state index contributed by atoms with van der Waals surface area (Å²) in [5, 5.41) is 9.04. The molecule has 0 amide bonds. The monoisotopic (exact) mass is 609 g/mol. The van der Waals surface area contributed by atoms with Gasteiger partial charge in [0.05, 0.1) is 6.07 Å². The van der Waals surface area contributed by atoms with E-state index in [0.717, 1.165) is 14.6 Å². The first-order valence-electron chi connectivity index (χ1n) is 11.5. The summed E-state index contributed by atoms with van der Waals surface area (Å²) in [6.45, 7) is 16.0. The molecule has 0 radical (unpaired) electrons. The number of hydrogen-bond acceptors (Lipinski definition) is 7. The molecule has 9 heteroatoms. The fraction of sp³-hybridized carbons (Fsp3) is 0.0333. The standard InChI is InChI=1S/C30H15N3S6/c1-17(16-31)12-18-4-6-20(34-18)22-8-10-24(36-22)26-14-28-29(38-26)15-27(39-28)25-11-9-23(37-25)21-7-5-19(35-21)13-30(32-2)33-3/h4-15H,1H3/b17-12-. The van der Waals surface area contributed by atoms with E-state index in [9.17, 15) is 0 Å². The summed E-state index contributed by atoms with van der Waals surface area (Å²) in [5.41, 5.74) is 0.717. The van der Waals surface area contributed by atoms with Gasteiger partial charge in [-0.25, -0.2) is 0 Å². The van der Waals surface area contributed by atoms with Gasteiger partial charge in [0.25, 0.3) is 0 Å². The molecule has 0 saturated carbocycles. The number of rotatable bonds is 6. The van der Waals surface area contributed by atoms with Crippen LogP contribution in [0.2, 0.25) is 0 Å². The van der Waals surface area contributed by atoms with Gasteiger partial charge in [-0.1, -0.05) is 0 Å². The van der Waals surface area contributed by atoms with Crippen molar-refractivity contribution in [1.29, 1.82) is 5.26 Å². The maximum atomic E-state index is 9.04. The smallest absolute Gasteiger partial charge is 0.193 e. The number of thiophene rings is 6. The van der Waals surface area contributed by atoms with Crippen LogP contribution in [-0.2, 0) is 0 Å². The molecule has 6 rings (SSSR count). The molecule has 0 aliphatic heterocycles. The van der Waals surface area contributed by atoms with Crippen LogP contribution in [-0.4, -0.2) is 0 Å². The van der Waals surface area contributed by atoms with E-state index in [-0.39, 0.29) is 5.82 Å². The molecule has 0 bridgehead atoms. The Labute approximate surface area is 249 Å². The Hall–Kier alpha value is -3.59. The Morgan fingerprint density at radius 3 is 1.49 bits per heavy atom. The molecule has 0 N–H and O–H groups in total. The van der Waals surface area contributed by atoms with Crippen molar-refractivity contribution in [3.8, 4) is 45.1 Å². The summed E-state index contributed by atoms with van der Waals surface area (Å²) in [5.74, 6) is 0.0900. The van der Waals surface area contributed by atoms with Crippen molar-refractivity contribution in [2.75, 3.05) is 0 Å². The Balaban J connectivity index is 1.21. The second-order valence-corrected chi connectivity index (χ2v) is 14.9. The first-order chi connectivity index (χ1) is 19.0. The van der Waals surface area contributed by atoms with Crippen molar-refractivity contribution >= 4 is 89.6 Å². The van der Waals surface area contributed by atoms with Gasteiger partial charge < -0.3 is 0 Å². The molecule has 6 aromatic rings. The van der Waals surface area contributed by atoms with E-state index in [0.29, 0.717) is 5.57 Å². The van der Waals surface area contributed by atoms with Crippen molar-refractivity contribution in [3.05, 3.63) is 105 Å². The minimum absolute atomic E-state index is 0.0900. The van der Waals surface area contributed by atoms with Crippen LogP contribution >= 0.6 is 68.0 Å². The lowest BCUT2D eigenvalue weighted by Crippen LogP contribution is -1.64. The van der Waals surface area contributed by atoms with Crippen LogP contribution in [0.4, 0.5) is 0 Å². The van der Waals surface area contributed by atoms with Crippen molar-refractivity contribution < 1.29 is 0 Å². The van der Waals surface area contributed by atoms with Crippen LogP contribution in [0.5, 0.6) is 0 Å². The van der Waals surface area contributed by atoms with Gasteiger partial charge in [0.15, 0.2) is 0 Å². The van der Waals surface area contributed by atoms with E-state index in [2.05, 4.69) is 70.4 Å². The summed E-state index contributed by atoms with van der Waals surface area (Å²) in [6.07, 6.45) is 3.58.